The minimum atomic E-state index is -1.78. The Bertz CT molecular complexity index is 1360. The highest BCUT2D eigenvalue weighted by Gasteiger charge is 2.75. The summed E-state index contributed by atoms with van der Waals surface area (Å²) < 4.78 is 11.6. The number of benzene rings is 3. The number of amides is 3. The second-order valence-corrected chi connectivity index (χ2v) is 9.87. The molecule has 3 amide bonds. The van der Waals surface area contributed by atoms with E-state index in [-0.39, 0.29) is 0 Å². The Hall–Kier alpha value is -3.87. The third-order valence-corrected chi connectivity index (χ3v) is 6.65. The molecule has 0 saturated carbocycles. The molecule has 5 rings (SSSR count). The van der Waals surface area contributed by atoms with Crippen LogP contribution >= 0.6 is 0 Å². The van der Waals surface area contributed by atoms with Crippen LogP contribution in [0.25, 0.3) is 10.8 Å². The number of rotatable bonds is 1. The summed E-state index contributed by atoms with van der Waals surface area (Å²) in [6, 6.07) is 20.6. The monoisotopic (exact) mass is 458 g/mol. The first kappa shape index (κ1) is 21.9. The maximum absolute atomic E-state index is 14.1. The second-order valence-electron chi connectivity index (χ2n) is 9.87. The standard InChI is InChI=1S/C27H26N2O5/c1-25(2,3)33-23(31)29-24(32)34-26(4,19-15-14-17-10-6-7-11-18(17)16-19)27(29)20-12-8-9-13-21(20)28(5)22(27)30/h6-16H,1-5H3/t26-,27+/m0/s1. The van der Waals surface area contributed by atoms with Crippen LogP contribution in [0.4, 0.5) is 15.3 Å². The predicted molar refractivity (Wildman–Crippen MR) is 127 cm³/mol. The molecule has 0 N–H and O–H groups in total. The van der Waals surface area contributed by atoms with Crippen LogP contribution < -0.4 is 4.90 Å². The van der Waals surface area contributed by atoms with Crippen molar-refractivity contribution >= 4 is 34.6 Å². The molecule has 2 heterocycles. The summed E-state index contributed by atoms with van der Waals surface area (Å²) >= 11 is 0. The highest BCUT2D eigenvalue weighted by Crippen LogP contribution is 2.59. The molecule has 1 fully saturated rings. The molecule has 2 atom stereocenters. The van der Waals surface area contributed by atoms with Gasteiger partial charge in [-0.05, 0) is 56.2 Å². The number of hydrogen-bond donors (Lipinski definition) is 0. The number of fused-ring (bicyclic) bond motifs is 3. The van der Waals surface area contributed by atoms with Crippen molar-refractivity contribution in [3.05, 3.63) is 77.9 Å². The molecule has 34 heavy (non-hydrogen) atoms. The molecule has 7 nitrogen and oxygen atoms in total. The van der Waals surface area contributed by atoms with Crippen LogP contribution in [0.5, 0.6) is 0 Å². The zero-order chi connectivity index (χ0) is 24.5. The average molecular weight is 459 g/mol. The van der Waals surface area contributed by atoms with E-state index in [4.69, 9.17) is 9.47 Å². The molecule has 1 saturated heterocycles. The van der Waals surface area contributed by atoms with E-state index in [1.807, 2.05) is 48.5 Å². The van der Waals surface area contributed by atoms with E-state index < -0.39 is 34.8 Å². The van der Waals surface area contributed by atoms with Crippen molar-refractivity contribution < 1.29 is 23.9 Å². The summed E-state index contributed by atoms with van der Waals surface area (Å²) in [5.41, 5.74) is -2.46. The van der Waals surface area contributed by atoms with E-state index in [1.54, 1.807) is 52.9 Å². The number of likely N-dealkylation sites (N-methyl/N-ethyl adjacent to an activating group) is 1. The first-order chi connectivity index (χ1) is 16.0. The maximum Gasteiger partial charge on any atom is 0.421 e. The van der Waals surface area contributed by atoms with Crippen LogP contribution in [0.1, 0.15) is 38.8 Å². The Morgan fingerprint density at radius 2 is 1.59 bits per heavy atom. The fourth-order valence-corrected chi connectivity index (χ4v) is 5.13. The van der Waals surface area contributed by atoms with Gasteiger partial charge in [-0.15, -0.1) is 0 Å². The fourth-order valence-electron chi connectivity index (χ4n) is 5.13. The Morgan fingerprint density at radius 1 is 0.941 bits per heavy atom. The summed E-state index contributed by atoms with van der Waals surface area (Å²) in [5.74, 6) is -0.443. The number of nitrogens with zero attached hydrogens (tertiary/aromatic N) is 2. The summed E-state index contributed by atoms with van der Waals surface area (Å²) in [6.07, 6.45) is -1.86. The first-order valence-electron chi connectivity index (χ1n) is 11.1. The molecule has 0 bridgehead atoms. The van der Waals surface area contributed by atoms with Gasteiger partial charge in [-0.2, -0.15) is 4.90 Å². The maximum atomic E-state index is 14.1. The number of cyclic esters (lactones) is 1. The molecular weight excluding hydrogens is 432 g/mol. The lowest BCUT2D eigenvalue weighted by Gasteiger charge is -2.40. The smallest absolute Gasteiger partial charge is 0.421 e. The quantitative estimate of drug-likeness (QED) is 0.494. The molecule has 2 aliphatic rings. The zero-order valence-electron chi connectivity index (χ0n) is 19.8. The summed E-state index contributed by atoms with van der Waals surface area (Å²) in [7, 11) is 1.63. The van der Waals surface area contributed by atoms with E-state index in [0.717, 1.165) is 15.7 Å². The second kappa shape index (κ2) is 7.06. The summed E-state index contributed by atoms with van der Waals surface area (Å²) in [4.78, 5) is 43.3. The van der Waals surface area contributed by atoms with Gasteiger partial charge in [0.2, 0.25) is 5.54 Å². The predicted octanol–water partition coefficient (Wildman–Crippen LogP) is 5.31. The molecule has 0 aromatic heterocycles. The van der Waals surface area contributed by atoms with E-state index in [9.17, 15) is 14.4 Å². The molecule has 0 aliphatic carbocycles. The number of hydrogen-bond acceptors (Lipinski definition) is 5. The van der Waals surface area contributed by atoms with Crippen LogP contribution in [-0.2, 0) is 25.4 Å². The molecule has 7 heteroatoms. The third kappa shape index (κ3) is 2.79. The van der Waals surface area contributed by atoms with Crippen molar-refractivity contribution in [2.75, 3.05) is 11.9 Å². The van der Waals surface area contributed by atoms with Crippen molar-refractivity contribution in [2.24, 2.45) is 0 Å². The van der Waals surface area contributed by atoms with Crippen molar-refractivity contribution in [1.29, 1.82) is 0 Å². The number of imide groups is 1. The van der Waals surface area contributed by atoms with Gasteiger partial charge in [0.15, 0.2) is 5.60 Å². The number of ether oxygens (including phenoxy) is 2. The molecular formula is C27H26N2O5. The Morgan fingerprint density at radius 3 is 2.29 bits per heavy atom. The van der Waals surface area contributed by atoms with Crippen LogP contribution in [0.3, 0.4) is 0 Å². The first-order valence-corrected chi connectivity index (χ1v) is 11.1. The number of carbonyl (C=O) groups is 3. The molecule has 1 spiro atoms. The van der Waals surface area contributed by atoms with Gasteiger partial charge in [-0.1, -0.05) is 54.6 Å². The Labute approximate surface area is 197 Å². The Balaban J connectivity index is 1.81. The van der Waals surface area contributed by atoms with E-state index in [1.165, 1.54) is 4.90 Å². The van der Waals surface area contributed by atoms with Crippen molar-refractivity contribution in [1.82, 2.24) is 4.90 Å². The van der Waals surface area contributed by atoms with Gasteiger partial charge in [0, 0.05) is 18.3 Å². The third-order valence-electron chi connectivity index (χ3n) is 6.65. The zero-order valence-corrected chi connectivity index (χ0v) is 19.8. The minimum absolute atomic E-state index is 0.443. The topological polar surface area (TPSA) is 76.2 Å². The van der Waals surface area contributed by atoms with Crippen molar-refractivity contribution in [3.8, 4) is 0 Å². The van der Waals surface area contributed by atoms with Gasteiger partial charge in [-0.25, -0.2) is 9.59 Å². The number of para-hydroxylation sites is 1. The molecule has 0 unspecified atom stereocenters. The van der Waals surface area contributed by atoms with E-state index in [0.29, 0.717) is 16.8 Å². The molecule has 174 valence electrons. The van der Waals surface area contributed by atoms with Crippen LogP contribution in [0.2, 0.25) is 0 Å². The van der Waals surface area contributed by atoms with Crippen LogP contribution in [-0.4, -0.2) is 35.6 Å². The lowest BCUT2D eigenvalue weighted by Crippen LogP contribution is -2.60. The molecule has 3 aromatic rings. The van der Waals surface area contributed by atoms with Crippen LogP contribution in [0.15, 0.2) is 66.7 Å². The average Bonchev–Trinajstić information content (AvgIpc) is 3.16. The lowest BCUT2D eigenvalue weighted by molar-refractivity contribution is -0.134. The van der Waals surface area contributed by atoms with E-state index >= 15 is 0 Å². The number of anilines is 1. The Kier molecular flexibility index (Phi) is 4.56. The van der Waals surface area contributed by atoms with Crippen molar-refractivity contribution in [2.45, 2.75) is 44.4 Å². The van der Waals surface area contributed by atoms with Gasteiger partial charge in [0.05, 0.1) is 0 Å². The van der Waals surface area contributed by atoms with Gasteiger partial charge in [0.25, 0.3) is 5.91 Å². The van der Waals surface area contributed by atoms with Crippen LogP contribution in [0, 0.1) is 0 Å². The van der Waals surface area contributed by atoms with Gasteiger partial charge in [0.1, 0.15) is 5.60 Å². The summed E-state index contributed by atoms with van der Waals surface area (Å²) in [5, 5.41) is 1.93. The largest absolute Gasteiger partial charge is 0.443 e. The fraction of sp³-hybridized carbons (Fsp3) is 0.296. The SMILES string of the molecule is CN1C(=O)[C@@]2(c3ccccc31)N(C(=O)OC(C)(C)C)C(=O)O[C@@]2(C)c1ccc2ccccc2c1. The molecule has 2 aliphatic heterocycles. The van der Waals surface area contributed by atoms with Gasteiger partial charge in [-0.3, -0.25) is 4.79 Å². The van der Waals surface area contributed by atoms with Gasteiger partial charge >= 0.3 is 12.2 Å². The minimum Gasteiger partial charge on any atom is -0.443 e. The number of carbonyl (C=O) groups excluding carboxylic acids is 3. The highest BCUT2D eigenvalue weighted by atomic mass is 16.6. The van der Waals surface area contributed by atoms with Crippen molar-refractivity contribution in [3.63, 3.8) is 0 Å². The van der Waals surface area contributed by atoms with E-state index in [2.05, 4.69) is 0 Å². The molecule has 0 radical (unpaired) electrons. The molecule has 3 aromatic carbocycles. The lowest BCUT2D eigenvalue weighted by atomic mass is 9.71. The highest BCUT2D eigenvalue weighted by molar-refractivity contribution is 6.14. The van der Waals surface area contributed by atoms with Gasteiger partial charge < -0.3 is 14.4 Å². The normalized spacial score (nSPS) is 24.0. The summed E-state index contributed by atoms with van der Waals surface area (Å²) in [6.45, 7) is 6.81.